The van der Waals surface area contributed by atoms with Crippen LogP contribution in [0.25, 0.3) is 0 Å². The minimum absolute atomic E-state index is 0.0663. The van der Waals surface area contributed by atoms with Crippen molar-refractivity contribution in [3.63, 3.8) is 0 Å². The normalized spacial score (nSPS) is 26.1. The molecule has 3 unspecified atom stereocenters. The van der Waals surface area contributed by atoms with Crippen LogP contribution < -0.4 is 11.4 Å². The zero-order valence-corrected chi connectivity index (χ0v) is 15.6. The third-order valence-electron chi connectivity index (χ3n) is 4.94. The molecule has 1 aliphatic rings. The molecule has 3 atom stereocenters. The number of aliphatic hydroxyl groups is 1. The average Bonchev–Trinajstić information content (AvgIpc) is 2.83. The van der Waals surface area contributed by atoms with Gasteiger partial charge in [-0.05, 0) is 24.2 Å². The first-order chi connectivity index (χ1) is 11.7. The molecular formula is C15H25F2N3O4Si. The van der Waals surface area contributed by atoms with Gasteiger partial charge in [-0.2, -0.15) is 13.8 Å². The SMILES string of the molecule is CC[Si](CC)(CC)OC1C(CO)OC(n2ccc(N)nc2=O)C1(F)F. The highest BCUT2D eigenvalue weighted by Crippen LogP contribution is 2.45. The van der Waals surface area contributed by atoms with Crippen LogP contribution in [0.15, 0.2) is 17.1 Å². The Bertz CT molecular complexity index is 646. The fourth-order valence-electron chi connectivity index (χ4n) is 3.13. The van der Waals surface area contributed by atoms with Crippen molar-refractivity contribution in [2.24, 2.45) is 0 Å². The van der Waals surface area contributed by atoms with Gasteiger partial charge in [-0.1, -0.05) is 20.8 Å². The van der Waals surface area contributed by atoms with Crippen LogP contribution in [0.1, 0.15) is 27.0 Å². The molecule has 7 nitrogen and oxygen atoms in total. The number of nitrogens with two attached hydrogens (primary N) is 1. The van der Waals surface area contributed by atoms with Gasteiger partial charge in [-0.25, -0.2) is 4.79 Å². The van der Waals surface area contributed by atoms with Crippen molar-refractivity contribution in [2.45, 2.75) is 63.3 Å². The van der Waals surface area contributed by atoms with E-state index in [4.69, 9.17) is 14.9 Å². The molecular weight excluding hydrogens is 352 g/mol. The summed E-state index contributed by atoms with van der Waals surface area (Å²) in [5, 5.41) is 9.52. The molecule has 0 aliphatic carbocycles. The van der Waals surface area contributed by atoms with Gasteiger partial charge in [0.05, 0.1) is 6.61 Å². The van der Waals surface area contributed by atoms with E-state index < -0.39 is 45.0 Å². The molecule has 0 amide bonds. The molecule has 0 bridgehead atoms. The maximum atomic E-state index is 15.1. The van der Waals surface area contributed by atoms with E-state index in [0.29, 0.717) is 22.7 Å². The van der Waals surface area contributed by atoms with Gasteiger partial charge >= 0.3 is 11.6 Å². The van der Waals surface area contributed by atoms with Gasteiger partial charge in [-0.3, -0.25) is 4.57 Å². The Morgan fingerprint density at radius 1 is 1.40 bits per heavy atom. The van der Waals surface area contributed by atoms with Crippen LogP contribution in [0.3, 0.4) is 0 Å². The number of nitrogens with zero attached hydrogens (tertiary/aromatic N) is 2. The topological polar surface area (TPSA) is 99.6 Å². The fraction of sp³-hybridized carbons (Fsp3) is 0.733. The van der Waals surface area contributed by atoms with Gasteiger partial charge in [0.1, 0.15) is 18.0 Å². The molecule has 0 aromatic carbocycles. The standard InChI is InChI=1S/C15H25F2N3O4Si/c1-4-25(5-2,6-3)24-12-10(9-21)23-13(15(12,16)17)20-8-7-11(18)19-14(20)22/h7-8,10,12-13,21H,4-6,9H2,1-3H3,(H2,18,19,22). The highest BCUT2D eigenvalue weighted by molar-refractivity contribution is 6.73. The van der Waals surface area contributed by atoms with Crippen LogP contribution in [0, 0.1) is 0 Å². The van der Waals surface area contributed by atoms with Gasteiger partial charge in [0.15, 0.2) is 8.32 Å². The third kappa shape index (κ3) is 3.62. The Labute approximate surface area is 145 Å². The zero-order valence-electron chi connectivity index (χ0n) is 14.6. The van der Waals surface area contributed by atoms with Crippen molar-refractivity contribution < 1.29 is 23.1 Å². The molecule has 25 heavy (non-hydrogen) atoms. The molecule has 1 fully saturated rings. The summed E-state index contributed by atoms with van der Waals surface area (Å²) in [7, 11) is -2.38. The van der Waals surface area contributed by atoms with E-state index in [9.17, 15) is 9.90 Å². The van der Waals surface area contributed by atoms with Gasteiger partial charge in [-0.15, -0.1) is 0 Å². The first-order valence-electron chi connectivity index (χ1n) is 8.41. The lowest BCUT2D eigenvalue weighted by molar-refractivity contribution is -0.138. The molecule has 142 valence electrons. The molecule has 2 heterocycles. The maximum absolute atomic E-state index is 15.1. The first kappa shape index (κ1) is 20.0. The Hall–Kier alpha value is -1.36. The number of aromatic nitrogens is 2. The second-order valence-electron chi connectivity index (χ2n) is 6.21. The zero-order chi connectivity index (χ0) is 18.8. The van der Waals surface area contributed by atoms with E-state index >= 15 is 8.78 Å². The quantitative estimate of drug-likeness (QED) is 0.702. The summed E-state index contributed by atoms with van der Waals surface area (Å²) in [4.78, 5) is 15.4. The fourth-order valence-corrected chi connectivity index (χ4v) is 5.98. The number of alkyl halides is 2. The third-order valence-corrected chi connectivity index (χ3v) is 9.56. The van der Waals surface area contributed by atoms with Gasteiger partial charge < -0.3 is 20.0 Å². The van der Waals surface area contributed by atoms with Crippen LogP contribution in [0.2, 0.25) is 18.1 Å². The number of anilines is 1. The highest BCUT2D eigenvalue weighted by atomic mass is 28.4. The Balaban J connectivity index is 2.40. The Kier molecular flexibility index (Phi) is 5.97. The van der Waals surface area contributed by atoms with Crippen molar-refractivity contribution in [2.75, 3.05) is 12.3 Å². The lowest BCUT2D eigenvalue weighted by Crippen LogP contribution is -2.50. The van der Waals surface area contributed by atoms with Crippen molar-refractivity contribution in [1.29, 1.82) is 0 Å². The molecule has 10 heteroatoms. The summed E-state index contributed by atoms with van der Waals surface area (Å²) in [6.45, 7) is 5.14. The summed E-state index contributed by atoms with van der Waals surface area (Å²) in [6, 6.07) is 3.28. The van der Waals surface area contributed by atoms with Gasteiger partial charge in [0.25, 0.3) is 0 Å². The summed E-state index contributed by atoms with van der Waals surface area (Å²) in [5.74, 6) is -3.56. The number of hydrogen-bond acceptors (Lipinski definition) is 6. The number of ether oxygens (including phenoxy) is 1. The predicted molar refractivity (Wildman–Crippen MR) is 90.9 cm³/mol. The highest BCUT2D eigenvalue weighted by Gasteiger charge is 2.62. The van der Waals surface area contributed by atoms with E-state index in [0.717, 1.165) is 6.20 Å². The molecule has 1 aliphatic heterocycles. The smallest absolute Gasteiger partial charge is 0.351 e. The van der Waals surface area contributed by atoms with E-state index in [1.165, 1.54) is 6.07 Å². The van der Waals surface area contributed by atoms with Crippen molar-refractivity contribution in [1.82, 2.24) is 9.55 Å². The van der Waals surface area contributed by atoms with Crippen molar-refractivity contribution in [3.05, 3.63) is 22.7 Å². The predicted octanol–water partition coefficient (Wildman–Crippen LogP) is 1.74. The largest absolute Gasteiger partial charge is 0.405 e. The second kappa shape index (κ2) is 7.48. The minimum Gasteiger partial charge on any atom is -0.405 e. The van der Waals surface area contributed by atoms with Crippen LogP contribution in [0.5, 0.6) is 0 Å². The molecule has 0 spiro atoms. The number of hydrogen-bond donors (Lipinski definition) is 2. The lowest BCUT2D eigenvalue weighted by Gasteiger charge is -2.35. The van der Waals surface area contributed by atoms with E-state index in [1.807, 2.05) is 20.8 Å². The summed E-state index contributed by atoms with van der Waals surface area (Å²) in [5.41, 5.74) is 4.46. The van der Waals surface area contributed by atoms with E-state index in [-0.39, 0.29) is 5.82 Å². The molecule has 1 aromatic heterocycles. The van der Waals surface area contributed by atoms with Crippen LogP contribution >= 0.6 is 0 Å². The van der Waals surface area contributed by atoms with Crippen molar-refractivity contribution in [3.8, 4) is 0 Å². The number of aliphatic hydroxyl groups excluding tert-OH is 1. The van der Waals surface area contributed by atoms with Crippen molar-refractivity contribution >= 4 is 14.1 Å². The molecule has 2 rings (SSSR count). The van der Waals surface area contributed by atoms with Gasteiger partial charge in [0, 0.05) is 6.20 Å². The van der Waals surface area contributed by atoms with Crippen LogP contribution in [0.4, 0.5) is 14.6 Å². The number of halogens is 2. The van der Waals surface area contributed by atoms with Crippen LogP contribution in [-0.4, -0.2) is 47.7 Å². The Morgan fingerprint density at radius 2 is 2.00 bits per heavy atom. The lowest BCUT2D eigenvalue weighted by atomic mass is 10.1. The van der Waals surface area contributed by atoms with Gasteiger partial charge in [0.2, 0.25) is 6.23 Å². The number of rotatable bonds is 7. The molecule has 0 saturated carbocycles. The Morgan fingerprint density at radius 3 is 2.48 bits per heavy atom. The first-order valence-corrected chi connectivity index (χ1v) is 10.9. The summed E-state index contributed by atoms with van der Waals surface area (Å²) in [6.07, 6.45) is -3.61. The second-order valence-corrected chi connectivity index (χ2v) is 10.9. The summed E-state index contributed by atoms with van der Waals surface area (Å²) < 4.78 is 42.0. The molecule has 1 aromatic rings. The van der Waals surface area contributed by atoms with E-state index in [2.05, 4.69) is 4.98 Å². The summed E-state index contributed by atoms with van der Waals surface area (Å²) >= 11 is 0. The number of nitrogen functional groups attached to an aromatic ring is 1. The minimum atomic E-state index is -3.49. The molecule has 0 radical (unpaired) electrons. The van der Waals surface area contributed by atoms with Crippen LogP contribution in [-0.2, 0) is 9.16 Å². The maximum Gasteiger partial charge on any atom is 0.351 e. The van der Waals surface area contributed by atoms with E-state index in [1.54, 1.807) is 0 Å². The monoisotopic (exact) mass is 377 g/mol. The molecule has 3 N–H and O–H groups in total. The molecule has 1 saturated heterocycles. The average molecular weight is 377 g/mol.